The van der Waals surface area contributed by atoms with E-state index in [0.717, 1.165) is 19.3 Å². The van der Waals surface area contributed by atoms with Crippen LogP contribution in [0.15, 0.2) is 67.0 Å². The fourth-order valence-corrected chi connectivity index (χ4v) is 3.41. The minimum absolute atomic E-state index is 0.0650. The lowest BCUT2D eigenvalue weighted by atomic mass is 10.1. The molecule has 188 valence electrons. The van der Waals surface area contributed by atoms with Gasteiger partial charge in [-0.05, 0) is 42.5 Å². The van der Waals surface area contributed by atoms with E-state index in [0.29, 0.717) is 37.5 Å². The van der Waals surface area contributed by atoms with E-state index in [1.54, 1.807) is 24.2 Å². The number of thioether (sulfide) groups is 1. The molecular formula is C25H31N3O6S. The van der Waals surface area contributed by atoms with E-state index in [4.69, 9.17) is 10.2 Å². The van der Waals surface area contributed by atoms with Crippen LogP contribution in [-0.2, 0) is 27.2 Å². The Labute approximate surface area is 209 Å². The molecule has 9 nitrogen and oxygen atoms in total. The van der Waals surface area contributed by atoms with Crippen molar-refractivity contribution >= 4 is 34.8 Å². The third-order valence-electron chi connectivity index (χ3n) is 4.50. The minimum Gasteiger partial charge on any atom is -0.478 e. The van der Waals surface area contributed by atoms with Gasteiger partial charge in [0.15, 0.2) is 5.12 Å². The summed E-state index contributed by atoms with van der Waals surface area (Å²) in [5.74, 6) is -1.89. The maximum Gasteiger partial charge on any atom is 0.328 e. The quantitative estimate of drug-likeness (QED) is 0.298. The Kier molecular flexibility index (Phi) is 14.9. The number of nitrogens with one attached hydrogen (secondary N) is 1. The molecule has 35 heavy (non-hydrogen) atoms. The third-order valence-corrected chi connectivity index (χ3v) is 5.30. The molecule has 0 aliphatic carbocycles. The van der Waals surface area contributed by atoms with Crippen molar-refractivity contribution in [2.75, 3.05) is 25.4 Å². The zero-order valence-electron chi connectivity index (χ0n) is 19.6. The van der Waals surface area contributed by atoms with Crippen LogP contribution >= 0.6 is 11.8 Å². The minimum atomic E-state index is -1.26. The number of benzene rings is 1. The van der Waals surface area contributed by atoms with E-state index < -0.39 is 11.9 Å². The number of carbonyl (C=O) groups is 4. The van der Waals surface area contributed by atoms with Crippen LogP contribution in [0.2, 0.25) is 0 Å². The lowest BCUT2D eigenvalue weighted by Crippen LogP contribution is -2.42. The molecule has 0 saturated carbocycles. The molecule has 2 amide bonds. The fraction of sp³-hybridized carbons (Fsp3) is 0.320. The number of hydrogen-bond donors (Lipinski definition) is 3. The highest BCUT2D eigenvalue weighted by molar-refractivity contribution is 8.13. The Bertz CT molecular complexity index is 938. The number of carbonyl (C=O) groups excluding carboxylic acids is 2. The number of aromatic nitrogens is 1. The van der Waals surface area contributed by atoms with Crippen molar-refractivity contribution in [1.29, 1.82) is 0 Å². The third kappa shape index (κ3) is 15.7. The highest BCUT2D eigenvalue weighted by atomic mass is 32.2. The number of pyridine rings is 1. The molecule has 2 aromatic rings. The van der Waals surface area contributed by atoms with Gasteiger partial charge < -0.3 is 20.4 Å². The maximum atomic E-state index is 12.6. The molecule has 0 aliphatic rings. The first-order valence-corrected chi connectivity index (χ1v) is 12.0. The van der Waals surface area contributed by atoms with Gasteiger partial charge in [0.05, 0.1) is 0 Å². The number of nitrogens with zero attached hydrogens (tertiary/aromatic N) is 2. The largest absolute Gasteiger partial charge is 0.478 e. The highest BCUT2D eigenvalue weighted by Crippen LogP contribution is 2.06. The number of aryl methyl sites for hydroxylation is 1. The standard InChI is InChI=1S/C21H27N3O2S.C4H4O4/c1-18(25)27-17-16-24(15-11-19-6-3-2-4-7-19)21(26)23-12-5-8-20-9-13-22-14-10-20;5-3(6)1-2-4(7)8/h2-4,6-7,9-10,13-14H,5,8,11-12,15-17H2,1H3,(H,23,26);1-2H,(H,5,6)(H,7,8)/b;2-1+. The molecule has 0 unspecified atom stereocenters. The van der Waals surface area contributed by atoms with Crippen LogP contribution in [0, 0.1) is 0 Å². The van der Waals surface area contributed by atoms with Gasteiger partial charge in [0, 0.05) is 56.9 Å². The molecule has 0 bridgehead atoms. The zero-order chi connectivity index (χ0) is 25.9. The number of aliphatic carboxylic acids is 2. The average Bonchev–Trinajstić information content (AvgIpc) is 2.84. The van der Waals surface area contributed by atoms with Gasteiger partial charge >= 0.3 is 18.0 Å². The number of carboxylic acid groups (broad SMARTS) is 2. The summed E-state index contributed by atoms with van der Waals surface area (Å²) in [6, 6.07) is 14.0. The van der Waals surface area contributed by atoms with Gasteiger partial charge in [0.1, 0.15) is 0 Å². The predicted molar refractivity (Wildman–Crippen MR) is 135 cm³/mol. The number of rotatable bonds is 12. The molecule has 0 saturated heterocycles. The van der Waals surface area contributed by atoms with Gasteiger partial charge in [-0.2, -0.15) is 0 Å². The Morgan fingerprint density at radius 2 is 1.51 bits per heavy atom. The number of amides is 2. The number of hydrogen-bond acceptors (Lipinski definition) is 6. The first kappa shape index (κ1) is 29.4. The van der Waals surface area contributed by atoms with Crippen LogP contribution in [0.5, 0.6) is 0 Å². The van der Waals surface area contributed by atoms with Crippen LogP contribution in [-0.4, -0.2) is 68.6 Å². The topological polar surface area (TPSA) is 137 Å². The maximum absolute atomic E-state index is 12.6. The molecule has 1 aromatic heterocycles. The second-order valence-corrected chi connectivity index (χ2v) is 8.54. The van der Waals surface area contributed by atoms with Gasteiger partial charge in [0.2, 0.25) is 0 Å². The molecule has 0 aliphatic heterocycles. The normalized spacial score (nSPS) is 10.2. The van der Waals surface area contributed by atoms with Crippen molar-refractivity contribution in [1.82, 2.24) is 15.2 Å². The van der Waals surface area contributed by atoms with Crippen molar-refractivity contribution in [2.24, 2.45) is 0 Å². The molecule has 2 rings (SSSR count). The second kappa shape index (κ2) is 17.8. The Morgan fingerprint density at radius 1 is 0.914 bits per heavy atom. The smallest absolute Gasteiger partial charge is 0.328 e. The molecule has 0 atom stereocenters. The summed E-state index contributed by atoms with van der Waals surface area (Å²) in [6.07, 6.45) is 7.27. The molecule has 0 radical (unpaired) electrons. The molecule has 0 fully saturated rings. The fourth-order valence-electron chi connectivity index (χ4n) is 2.81. The molecule has 1 heterocycles. The van der Waals surface area contributed by atoms with E-state index in [2.05, 4.69) is 22.4 Å². The summed E-state index contributed by atoms with van der Waals surface area (Å²) in [6.45, 7) is 3.38. The first-order chi connectivity index (χ1) is 16.8. The molecule has 0 spiro atoms. The summed E-state index contributed by atoms with van der Waals surface area (Å²) >= 11 is 1.26. The van der Waals surface area contributed by atoms with Crippen LogP contribution in [0.1, 0.15) is 24.5 Å². The summed E-state index contributed by atoms with van der Waals surface area (Å²) < 4.78 is 0. The Balaban J connectivity index is 0.000000658. The average molecular weight is 502 g/mol. The van der Waals surface area contributed by atoms with Crippen LogP contribution in [0.25, 0.3) is 0 Å². The number of carboxylic acids is 2. The van der Waals surface area contributed by atoms with Crippen LogP contribution < -0.4 is 5.32 Å². The van der Waals surface area contributed by atoms with Gasteiger partial charge in [-0.15, -0.1) is 0 Å². The summed E-state index contributed by atoms with van der Waals surface area (Å²) in [4.78, 5) is 48.6. The van der Waals surface area contributed by atoms with Crippen molar-refractivity contribution < 1.29 is 29.4 Å². The van der Waals surface area contributed by atoms with E-state index in [1.165, 1.54) is 22.9 Å². The first-order valence-electron chi connectivity index (χ1n) is 11.0. The zero-order valence-corrected chi connectivity index (χ0v) is 20.4. The molecule has 3 N–H and O–H groups in total. The van der Waals surface area contributed by atoms with Gasteiger partial charge in [-0.1, -0.05) is 42.1 Å². The van der Waals surface area contributed by atoms with Crippen molar-refractivity contribution in [3.05, 3.63) is 78.1 Å². The molecular weight excluding hydrogens is 470 g/mol. The van der Waals surface area contributed by atoms with Gasteiger partial charge in [0.25, 0.3) is 0 Å². The highest BCUT2D eigenvalue weighted by Gasteiger charge is 2.13. The lowest BCUT2D eigenvalue weighted by Gasteiger charge is -2.23. The van der Waals surface area contributed by atoms with Crippen LogP contribution in [0.3, 0.4) is 0 Å². The Hall–Kier alpha value is -3.66. The summed E-state index contributed by atoms with van der Waals surface area (Å²) in [5.41, 5.74) is 2.42. The number of urea groups is 1. The van der Waals surface area contributed by atoms with Gasteiger partial charge in [-0.25, -0.2) is 14.4 Å². The van der Waals surface area contributed by atoms with E-state index in [9.17, 15) is 19.2 Å². The predicted octanol–water partition coefficient (Wildman–Crippen LogP) is 3.26. The monoisotopic (exact) mass is 501 g/mol. The van der Waals surface area contributed by atoms with Crippen molar-refractivity contribution in [3.8, 4) is 0 Å². The van der Waals surface area contributed by atoms with Crippen molar-refractivity contribution in [2.45, 2.75) is 26.2 Å². The van der Waals surface area contributed by atoms with E-state index >= 15 is 0 Å². The van der Waals surface area contributed by atoms with Gasteiger partial charge in [-0.3, -0.25) is 9.78 Å². The summed E-state index contributed by atoms with van der Waals surface area (Å²) in [5, 5.41) is 18.7. The van der Waals surface area contributed by atoms with Crippen molar-refractivity contribution in [3.63, 3.8) is 0 Å². The second-order valence-electron chi connectivity index (χ2n) is 7.26. The van der Waals surface area contributed by atoms with E-state index in [1.807, 2.05) is 30.3 Å². The van der Waals surface area contributed by atoms with Crippen LogP contribution in [0.4, 0.5) is 4.79 Å². The van der Waals surface area contributed by atoms with E-state index in [-0.39, 0.29) is 11.1 Å². The SMILES string of the molecule is CC(=O)SCCN(CCc1ccccc1)C(=O)NCCCc1ccncc1.O=C(O)/C=C/C(=O)O. The molecule has 1 aromatic carbocycles. The Morgan fingerprint density at radius 3 is 2.09 bits per heavy atom. The lowest BCUT2D eigenvalue weighted by molar-refractivity contribution is -0.134. The molecule has 10 heteroatoms. The summed E-state index contributed by atoms with van der Waals surface area (Å²) in [7, 11) is 0.